The lowest BCUT2D eigenvalue weighted by molar-refractivity contribution is 0.100. The smallest absolute Gasteiger partial charge is 0.119 e. The molecule has 1 aromatic carbocycles. The van der Waals surface area contributed by atoms with Crippen LogP contribution in [0.2, 0.25) is 0 Å². The number of aliphatic hydroxyl groups is 1. The van der Waals surface area contributed by atoms with E-state index >= 15 is 0 Å². The van der Waals surface area contributed by atoms with Crippen LogP contribution in [-0.4, -0.2) is 17.8 Å². The van der Waals surface area contributed by atoms with Gasteiger partial charge in [0.25, 0.3) is 0 Å². The van der Waals surface area contributed by atoms with Gasteiger partial charge in [0.1, 0.15) is 12.4 Å². The maximum atomic E-state index is 9.59. The Morgan fingerprint density at radius 2 is 2.07 bits per heavy atom. The fourth-order valence-corrected chi connectivity index (χ4v) is 1.21. The number of hydrogen-bond donors (Lipinski definition) is 1. The number of rotatable bonds is 6. The van der Waals surface area contributed by atoms with Gasteiger partial charge in [-0.05, 0) is 31.9 Å². The minimum absolute atomic E-state index is 0.345. The maximum Gasteiger partial charge on any atom is 0.119 e. The van der Waals surface area contributed by atoms with Gasteiger partial charge in [-0.15, -0.1) is 6.58 Å². The number of hydrogen-bond acceptors (Lipinski definition) is 2. The third kappa shape index (κ3) is 5.23. The lowest BCUT2D eigenvalue weighted by Gasteiger charge is -2.11. The van der Waals surface area contributed by atoms with Gasteiger partial charge < -0.3 is 9.84 Å². The van der Waals surface area contributed by atoms with Crippen molar-refractivity contribution in [3.63, 3.8) is 0 Å². The predicted octanol–water partition coefficient (Wildman–Crippen LogP) is 2.78. The molecular formula is C13H18O2. The highest BCUT2D eigenvalue weighted by Crippen LogP contribution is 2.10. The van der Waals surface area contributed by atoms with Crippen LogP contribution in [0.1, 0.15) is 19.8 Å². The van der Waals surface area contributed by atoms with Gasteiger partial charge in [-0.3, -0.25) is 0 Å². The van der Waals surface area contributed by atoms with Crippen LogP contribution >= 0.6 is 0 Å². The fourth-order valence-electron chi connectivity index (χ4n) is 1.21. The Bertz CT molecular complexity index is 293. The summed E-state index contributed by atoms with van der Waals surface area (Å²) in [5, 5.41) is 9.59. The van der Waals surface area contributed by atoms with Crippen molar-refractivity contribution in [3.05, 3.63) is 42.5 Å². The monoisotopic (exact) mass is 206 g/mol. The van der Waals surface area contributed by atoms with Crippen molar-refractivity contribution in [2.45, 2.75) is 25.9 Å². The van der Waals surface area contributed by atoms with Gasteiger partial charge in [0.15, 0.2) is 0 Å². The van der Waals surface area contributed by atoms with Gasteiger partial charge in [-0.1, -0.05) is 23.8 Å². The molecule has 15 heavy (non-hydrogen) atoms. The highest BCUT2D eigenvalue weighted by molar-refractivity contribution is 5.20. The average molecular weight is 206 g/mol. The summed E-state index contributed by atoms with van der Waals surface area (Å²) in [6.45, 7) is 6.10. The Hall–Kier alpha value is -1.28. The molecular weight excluding hydrogens is 188 g/mol. The van der Waals surface area contributed by atoms with Crippen molar-refractivity contribution in [1.82, 2.24) is 0 Å². The molecule has 1 atom stereocenters. The Kier molecular flexibility index (Phi) is 4.91. The molecule has 1 aromatic rings. The van der Waals surface area contributed by atoms with Crippen LogP contribution in [0.15, 0.2) is 42.5 Å². The summed E-state index contributed by atoms with van der Waals surface area (Å²) < 4.78 is 5.42. The Morgan fingerprint density at radius 3 is 2.67 bits per heavy atom. The van der Waals surface area contributed by atoms with E-state index in [4.69, 9.17) is 4.74 Å². The summed E-state index contributed by atoms with van der Waals surface area (Å²) in [5.74, 6) is 0.798. The van der Waals surface area contributed by atoms with Gasteiger partial charge in [-0.2, -0.15) is 0 Å². The topological polar surface area (TPSA) is 29.5 Å². The van der Waals surface area contributed by atoms with Gasteiger partial charge in [-0.25, -0.2) is 0 Å². The first-order valence-electron chi connectivity index (χ1n) is 5.19. The second-order valence-corrected chi connectivity index (χ2v) is 3.77. The SMILES string of the molecule is C=C(C)CCC(O)COc1ccccc1. The normalized spacial score (nSPS) is 12.1. The second-order valence-electron chi connectivity index (χ2n) is 3.77. The molecule has 0 spiro atoms. The minimum atomic E-state index is -0.415. The highest BCUT2D eigenvalue weighted by Gasteiger charge is 2.04. The van der Waals surface area contributed by atoms with Crippen molar-refractivity contribution in [2.24, 2.45) is 0 Å². The molecule has 1 unspecified atom stereocenters. The molecule has 82 valence electrons. The molecule has 0 aliphatic carbocycles. The molecule has 0 aliphatic heterocycles. The first-order valence-corrected chi connectivity index (χ1v) is 5.19. The van der Waals surface area contributed by atoms with Crippen molar-refractivity contribution in [1.29, 1.82) is 0 Å². The van der Waals surface area contributed by atoms with Crippen LogP contribution in [0.4, 0.5) is 0 Å². The molecule has 2 heteroatoms. The van der Waals surface area contributed by atoms with Crippen LogP contribution in [0.5, 0.6) is 5.75 Å². The second kappa shape index (κ2) is 6.25. The molecule has 0 heterocycles. The molecule has 0 radical (unpaired) electrons. The minimum Gasteiger partial charge on any atom is -0.491 e. The maximum absolute atomic E-state index is 9.59. The van der Waals surface area contributed by atoms with E-state index in [0.29, 0.717) is 13.0 Å². The van der Waals surface area contributed by atoms with Crippen LogP contribution in [-0.2, 0) is 0 Å². The first-order chi connectivity index (χ1) is 7.18. The molecule has 1 N–H and O–H groups in total. The van der Waals surface area contributed by atoms with Crippen LogP contribution in [0.3, 0.4) is 0 Å². The van der Waals surface area contributed by atoms with E-state index in [9.17, 15) is 5.11 Å². The third-order valence-corrected chi connectivity index (χ3v) is 2.09. The molecule has 0 fully saturated rings. The largest absolute Gasteiger partial charge is 0.491 e. The summed E-state index contributed by atoms with van der Waals surface area (Å²) in [6.07, 6.45) is 1.14. The number of para-hydroxylation sites is 1. The van der Waals surface area contributed by atoms with Crippen LogP contribution in [0.25, 0.3) is 0 Å². The van der Waals surface area contributed by atoms with Gasteiger partial charge in [0.05, 0.1) is 6.10 Å². The number of benzene rings is 1. The Balaban J connectivity index is 2.22. The standard InChI is InChI=1S/C13H18O2/c1-11(2)8-9-12(14)10-15-13-6-4-3-5-7-13/h3-7,12,14H,1,8-10H2,2H3. The Morgan fingerprint density at radius 1 is 1.40 bits per heavy atom. The van der Waals surface area contributed by atoms with Crippen molar-refractivity contribution in [2.75, 3.05) is 6.61 Å². The van der Waals surface area contributed by atoms with Crippen LogP contribution in [0, 0.1) is 0 Å². The van der Waals surface area contributed by atoms with Gasteiger partial charge in [0.2, 0.25) is 0 Å². The number of aliphatic hydroxyl groups excluding tert-OH is 1. The zero-order chi connectivity index (χ0) is 11.1. The van der Waals surface area contributed by atoms with Gasteiger partial charge >= 0.3 is 0 Å². The summed E-state index contributed by atoms with van der Waals surface area (Å²) in [5.41, 5.74) is 1.09. The van der Waals surface area contributed by atoms with E-state index in [-0.39, 0.29) is 0 Å². The van der Waals surface area contributed by atoms with Crippen molar-refractivity contribution < 1.29 is 9.84 Å². The lowest BCUT2D eigenvalue weighted by Crippen LogP contribution is -2.17. The highest BCUT2D eigenvalue weighted by atomic mass is 16.5. The molecule has 0 amide bonds. The molecule has 0 aliphatic rings. The van der Waals surface area contributed by atoms with Crippen molar-refractivity contribution >= 4 is 0 Å². The summed E-state index contributed by atoms with van der Waals surface area (Å²) in [6, 6.07) is 9.52. The zero-order valence-corrected chi connectivity index (χ0v) is 9.15. The van der Waals surface area contributed by atoms with E-state index in [1.807, 2.05) is 37.3 Å². The molecule has 1 rings (SSSR count). The number of ether oxygens (including phenoxy) is 1. The quantitative estimate of drug-likeness (QED) is 0.725. The summed E-state index contributed by atoms with van der Waals surface area (Å²) in [7, 11) is 0. The molecule has 0 saturated carbocycles. The molecule has 0 aromatic heterocycles. The van der Waals surface area contributed by atoms with E-state index in [1.165, 1.54) is 0 Å². The lowest BCUT2D eigenvalue weighted by atomic mass is 10.1. The summed E-state index contributed by atoms with van der Waals surface area (Å²) >= 11 is 0. The van der Waals surface area contributed by atoms with Crippen molar-refractivity contribution in [3.8, 4) is 5.75 Å². The predicted molar refractivity (Wildman–Crippen MR) is 62.0 cm³/mol. The molecule has 2 nitrogen and oxygen atoms in total. The average Bonchev–Trinajstić information content (AvgIpc) is 2.25. The van der Waals surface area contributed by atoms with E-state index < -0.39 is 6.10 Å². The van der Waals surface area contributed by atoms with E-state index in [1.54, 1.807) is 0 Å². The number of allylic oxidation sites excluding steroid dienone is 1. The van der Waals surface area contributed by atoms with E-state index in [2.05, 4.69) is 6.58 Å². The summed E-state index contributed by atoms with van der Waals surface area (Å²) in [4.78, 5) is 0. The Labute approximate surface area is 91.2 Å². The first kappa shape index (κ1) is 11.8. The fraction of sp³-hybridized carbons (Fsp3) is 0.385. The van der Waals surface area contributed by atoms with Crippen LogP contribution < -0.4 is 4.74 Å². The molecule has 0 saturated heterocycles. The zero-order valence-electron chi connectivity index (χ0n) is 9.15. The molecule has 0 bridgehead atoms. The third-order valence-electron chi connectivity index (χ3n) is 2.09. The van der Waals surface area contributed by atoms with E-state index in [0.717, 1.165) is 17.7 Å². The van der Waals surface area contributed by atoms with Gasteiger partial charge in [0, 0.05) is 0 Å².